The molecule has 5 unspecified atom stereocenters. The summed E-state index contributed by atoms with van der Waals surface area (Å²) in [5, 5.41) is 22.0. The maximum absolute atomic E-state index is 10.8. The molecule has 0 bridgehead atoms. The Labute approximate surface area is 192 Å². The lowest BCUT2D eigenvalue weighted by Gasteiger charge is -2.53. The van der Waals surface area contributed by atoms with Crippen LogP contribution in [0.2, 0.25) is 0 Å². The van der Waals surface area contributed by atoms with Crippen LogP contribution in [0.25, 0.3) is 0 Å². The van der Waals surface area contributed by atoms with Gasteiger partial charge in [0.15, 0.2) is 0 Å². The molecule has 3 aliphatic carbocycles. The van der Waals surface area contributed by atoms with Crippen LogP contribution in [-0.2, 0) is 6.42 Å². The third-order valence-electron chi connectivity index (χ3n) is 9.04. The molecular formula is C27H41BrO2. The zero-order valence-electron chi connectivity index (χ0n) is 18.8. The minimum absolute atomic E-state index is 0.107. The molecule has 2 fully saturated rings. The van der Waals surface area contributed by atoms with Crippen LogP contribution in [0.1, 0.15) is 101 Å². The maximum atomic E-state index is 10.8. The Morgan fingerprint density at radius 3 is 2.50 bits per heavy atom. The summed E-state index contributed by atoms with van der Waals surface area (Å²) in [5.74, 6) is 3.16. The number of aromatic hydroxyl groups is 1. The smallest absolute Gasteiger partial charge is 0.115 e. The normalized spacial score (nSPS) is 35.0. The number of halogens is 1. The van der Waals surface area contributed by atoms with Crippen LogP contribution >= 0.6 is 15.9 Å². The highest BCUT2D eigenvalue weighted by molar-refractivity contribution is 9.09. The van der Waals surface area contributed by atoms with Crippen molar-refractivity contribution in [2.45, 2.75) is 102 Å². The highest BCUT2D eigenvalue weighted by Crippen LogP contribution is 2.62. The number of aliphatic hydroxyl groups excluding tert-OH is 1. The van der Waals surface area contributed by atoms with Gasteiger partial charge in [0, 0.05) is 5.33 Å². The third-order valence-corrected chi connectivity index (χ3v) is 9.60. The predicted molar refractivity (Wildman–Crippen MR) is 128 cm³/mol. The second-order valence-corrected chi connectivity index (χ2v) is 11.5. The highest BCUT2D eigenvalue weighted by atomic mass is 79.9. The number of benzene rings is 1. The monoisotopic (exact) mass is 476 g/mol. The van der Waals surface area contributed by atoms with E-state index in [-0.39, 0.29) is 11.5 Å². The van der Waals surface area contributed by atoms with E-state index < -0.39 is 0 Å². The summed E-state index contributed by atoms with van der Waals surface area (Å²) < 4.78 is 0. The van der Waals surface area contributed by atoms with E-state index in [4.69, 9.17) is 0 Å². The van der Waals surface area contributed by atoms with Gasteiger partial charge in [0.2, 0.25) is 0 Å². The topological polar surface area (TPSA) is 40.5 Å². The summed E-state index contributed by atoms with van der Waals surface area (Å²) in [5.41, 5.74) is 3.03. The van der Waals surface area contributed by atoms with E-state index >= 15 is 0 Å². The molecule has 1 aromatic carbocycles. The standard InChI is InChI=1S/C27H41BrO2/c1-27-15-14-23-22-11-10-21(29)18-20(22)17-19(26(23)24(27)12-13-25(27)30)9-7-5-3-2-4-6-8-16-28/h10-11,18-19,23-26,29-30H,2-9,12-17H2,1H3/t19?,23?,24?,25?,26?,27-/m0/s1. The number of phenols is 1. The summed E-state index contributed by atoms with van der Waals surface area (Å²) in [6, 6.07) is 6.14. The molecule has 1 aromatic rings. The van der Waals surface area contributed by atoms with Gasteiger partial charge in [-0.05, 0) is 97.3 Å². The average molecular weight is 478 g/mol. The van der Waals surface area contributed by atoms with Gasteiger partial charge in [-0.15, -0.1) is 0 Å². The zero-order valence-corrected chi connectivity index (χ0v) is 20.4. The van der Waals surface area contributed by atoms with E-state index in [1.807, 2.05) is 12.1 Å². The Hall–Kier alpha value is -0.540. The molecule has 30 heavy (non-hydrogen) atoms. The Balaban J connectivity index is 1.43. The van der Waals surface area contributed by atoms with Crippen LogP contribution in [0.3, 0.4) is 0 Å². The second-order valence-electron chi connectivity index (χ2n) is 10.7. The van der Waals surface area contributed by atoms with Crippen LogP contribution in [0.15, 0.2) is 18.2 Å². The van der Waals surface area contributed by atoms with Crippen LogP contribution in [0.4, 0.5) is 0 Å². The fourth-order valence-electron chi connectivity index (χ4n) is 7.42. The van der Waals surface area contributed by atoms with Gasteiger partial charge < -0.3 is 10.2 Å². The lowest BCUT2D eigenvalue weighted by Crippen LogP contribution is -2.47. The molecule has 2 nitrogen and oxygen atoms in total. The highest BCUT2D eigenvalue weighted by Gasteiger charge is 2.56. The first-order chi connectivity index (χ1) is 14.5. The summed E-state index contributed by atoms with van der Waals surface area (Å²) in [6.45, 7) is 2.38. The predicted octanol–water partition coefficient (Wildman–Crippen LogP) is 7.35. The number of unbranched alkanes of at least 4 members (excludes halogenated alkanes) is 6. The lowest BCUT2D eigenvalue weighted by molar-refractivity contribution is -0.0396. The van der Waals surface area contributed by atoms with Gasteiger partial charge >= 0.3 is 0 Å². The maximum Gasteiger partial charge on any atom is 0.115 e. The Morgan fingerprint density at radius 2 is 1.73 bits per heavy atom. The number of fused-ring (bicyclic) bond motifs is 5. The molecule has 2 N–H and O–H groups in total. The first-order valence-corrected chi connectivity index (χ1v) is 13.7. The number of phenolic OH excluding ortho intramolecular Hbond substituents is 1. The fourth-order valence-corrected chi connectivity index (χ4v) is 7.81. The number of aliphatic hydroxyl groups is 1. The third kappa shape index (κ3) is 4.49. The largest absolute Gasteiger partial charge is 0.508 e. The molecule has 168 valence electrons. The molecule has 0 aliphatic heterocycles. The van der Waals surface area contributed by atoms with Crippen LogP contribution < -0.4 is 0 Å². The molecule has 0 saturated heterocycles. The number of hydrogen-bond donors (Lipinski definition) is 2. The van der Waals surface area contributed by atoms with Crippen molar-refractivity contribution in [3.63, 3.8) is 0 Å². The first-order valence-electron chi connectivity index (χ1n) is 12.6. The summed E-state index contributed by atoms with van der Waals surface area (Å²) in [6.07, 6.45) is 16.4. The van der Waals surface area contributed by atoms with Gasteiger partial charge in [-0.2, -0.15) is 0 Å². The van der Waals surface area contributed by atoms with E-state index in [1.54, 1.807) is 0 Å². The van der Waals surface area contributed by atoms with Gasteiger partial charge in [-0.1, -0.05) is 67.4 Å². The van der Waals surface area contributed by atoms with Crippen molar-refractivity contribution < 1.29 is 10.2 Å². The van der Waals surface area contributed by atoms with Crippen molar-refractivity contribution >= 4 is 15.9 Å². The summed E-state index contributed by atoms with van der Waals surface area (Å²) in [7, 11) is 0. The molecule has 3 aliphatic rings. The van der Waals surface area contributed by atoms with Crippen LogP contribution in [0, 0.1) is 23.2 Å². The number of hydrogen-bond acceptors (Lipinski definition) is 2. The molecule has 6 atom stereocenters. The van der Waals surface area contributed by atoms with Gasteiger partial charge in [0.05, 0.1) is 6.10 Å². The molecule has 0 radical (unpaired) electrons. The van der Waals surface area contributed by atoms with E-state index in [0.29, 0.717) is 23.5 Å². The second kappa shape index (κ2) is 9.94. The molecule has 2 saturated carbocycles. The summed E-state index contributed by atoms with van der Waals surface area (Å²) in [4.78, 5) is 0. The lowest BCUT2D eigenvalue weighted by atomic mass is 9.52. The molecule has 0 aromatic heterocycles. The molecule has 0 heterocycles. The van der Waals surface area contributed by atoms with Gasteiger partial charge in [-0.3, -0.25) is 0 Å². The quantitative estimate of drug-likeness (QED) is 0.288. The van der Waals surface area contributed by atoms with E-state index in [2.05, 4.69) is 28.9 Å². The van der Waals surface area contributed by atoms with Crippen LogP contribution in [-0.4, -0.2) is 21.6 Å². The molecule has 4 rings (SSSR count). The number of alkyl halides is 1. The van der Waals surface area contributed by atoms with E-state index in [9.17, 15) is 10.2 Å². The Morgan fingerprint density at radius 1 is 1.00 bits per heavy atom. The zero-order chi connectivity index (χ0) is 21.1. The average Bonchev–Trinajstić information content (AvgIpc) is 3.04. The summed E-state index contributed by atoms with van der Waals surface area (Å²) >= 11 is 3.53. The molecule has 3 heteroatoms. The van der Waals surface area contributed by atoms with Crippen molar-refractivity contribution in [1.82, 2.24) is 0 Å². The van der Waals surface area contributed by atoms with E-state index in [0.717, 1.165) is 30.5 Å². The fraction of sp³-hybridized carbons (Fsp3) is 0.778. The van der Waals surface area contributed by atoms with Crippen molar-refractivity contribution in [3.05, 3.63) is 29.3 Å². The molecule has 0 amide bonds. The molecular weight excluding hydrogens is 436 g/mol. The van der Waals surface area contributed by atoms with Crippen LogP contribution in [0.5, 0.6) is 5.75 Å². The Kier molecular flexibility index (Phi) is 7.51. The minimum Gasteiger partial charge on any atom is -0.508 e. The minimum atomic E-state index is -0.107. The van der Waals surface area contributed by atoms with E-state index in [1.165, 1.54) is 75.3 Å². The van der Waals surface area contributed by atoms with Gasteiger partial charge in [-0.25, -0.2) is 0 Å². The first kappa shape index (κ1) is 22.6. The number of rotatable bonds is 9. The molecule has 0 spiro atoms. The van der Waals surface area contributed by atoms with Crippen molar-refractivity contribution in [2.24, 2.45) is 23.2 Å². The van der Waals surface area contributed by atoms with Crippen molar-refractivity contribution in [1.29, 1.82) is 0 Å². The van der Waals surface area contributed by atoms with Gasteiger partial charge in [0.25, 0.3) is 0 Å². The van der Waals surface area contributed by atoms with Crippen molar-refractivity contribution in [3.8, 4) is 5.75 Å². The SMILES string of the molecule is C[C@]12CCC3c4ccc(O)cc4CC(CCCCCCCCCBr)C3C1CCC2O. The Bertz CT molecular complexity index is 704. The van der Waals surface area contributed by atoms with Gasteiger partial charge in [0.1, 0.15) is 5.75 Å². The van der Waals surface area contributed by atoms with Crippen molar-refractivity contribution in [2.75, 3.05) is 5.33 Å².